The molecule has 1 N–H and O–H groups in total. The summed E-state index contributed by atoms with van der Waals surface area (Å²) in [5.41, 5.74) is 0. The first-order chi connectivity index (χ1) is 6.86. The summed E-state index contributed by atoms with van der Waals surface area (Å²) < 4.78 is 0. The molecule has 0 radical (unpaired) electrons. The fourth-order valence-electron chi connectivity index (χ4n) is 2.70. The van der Waals surface area contributed by atoms with Gasteiger partial charge in [-0.2, -0.15) is 0 Å². The van der Waals surface area contributed by atoms with Gasteiger partial charge in [0.1, 0.15) is 0 Å². The average Bonchev–Trinajstić information content (AvgIpc) is 2.61. The van der Waals surface area contributed by atoms with Crippen molar-refractivity contribution >= 4 is 0 Å². The van der Waals surface area contributed by atoms with Gasteiger partial charge < -0.3 is 9.60 Å². The van der Waals surface area contributed by atoms with Crippen molar-refractivity contribution in [3.8, 4) is 0 Å². The second-order valence-electron chi connectivity index (χ2n) is 4.96. The minimum absolute atomic E-state index is 0. The molecular weight excluding hydrogens is 189 g/mol. The van der Waals surface area contributed by atoms with E-state index in [1.165, 1.54) is 64.6 Å². The Hall–Kier alpha value is -0.110. The van der Waals surface area contributed by atoms with Gasteiger partial charge >= 0.3 is 0 Å². The van der Waals surface area contributed by atoms with Crippen molar-refractivity contribution in [2.24, 2.45) is 5.92 Å². The van der Waals surface area contributed by atoms with Gasteiger partial charge in [-0.3, -0.25) is 0 Å². The van der Waals surface area contributed by atoms with Crippen LogP contribution in [0.3, 0.4) is 0 Å². The van der Waals surface area contributed by atoms with Crippen LogP contribution in [0.15, 0.2) is 0 Å². The summed E-state index contributed by atoms with van der Waals surface area (Å²) in [6.45, 7) is 8.98. The van der Waals surface area contributed by atoms with Crippen molar-refractivity contribution < 1.29 is 9.60 Å². The number of quaternary nitrogens is 1. The minimum Gasteiger partial charge on any atom is -1.00 e. The molecule has 0 aliphatic carbocycles. The zero-order valence-corrected chi connectivity index (χ0v) is 10.5. The third-order valence-electron chi connectivity index (χ3n) is 3.56. The minimum atomic E-state index is 0. The highest BCUT2D eigenvalue weighted by molar-refractivity contribution is 4.61. The summed E-state index contributed by atoms with van der Waals surface area (Å²) >= 11 is 0. The van der Waals surface area contributed by atoms with Crippen LogP contribution in [0.5, 0.6) is 0 Å². The molecule has 1 aliphatic rings. The van der Waals surface area contributed by atoms with E-state index in [0.29, 0.717) is 0 Å². The van der Waals surface area contributed by atoms with Gasteiger partial charge in [0, 0.05) is 12.3 Å². The number of hydrogen-bond donors (Lipinski definition) is 1. The first kappa shape index (κ1) is 14.9. The van der Waals surface area contributed by atoms with Gasteiger partial charge in [-0.05, 0) is 19.3 Å². The number of unbranched alkanes of at least 4 members (excludes halogenated alkanes) is 3. The molecule has 15 heavy (non-hydrogen) atoms. The molecule has 1 aliphatic heterocycles. The van der Waals surface area contributed by atoms with Crippen LogP contribution in [0.25, 0.3) is 0 Å². The second kappa shape index (κ2) is 9.14. The molecule has 2 heteroatoms. The third kappa shape index (κ3) is 6.14. The number of halogens is 1. The van der Waals surface area contributed by atoms with E-state index in [2.05, 4.69) is 13.8 Å². The zero-order valence-electron chi connectivity index (χ0n) is 10.5. The fraction of sp³-hybridized carbons (Fsp3) is 1.00. The largest absolute Gasteiger partial charge is 1.00 e. The van der Waals surface area contributed by atoms with Crippen LogP contribution in [-0.4, -0.2) is 19.6 Å². The highest BCUT2D eigenvalue weighted by atomic mass is 19.0. The molecule has 1 fully saturated rings. The number of hydrogen-bond acceptors (Lipinski definition) is 0. The molecule has 1 heterocycles. The lowest BCUT2D eigenvalue weighted by molar-refractivity contribution is -0.889. The molecule has 0 amide bonds. The maximum atomic E-state index is 2.32. The van der Waals surface area contributed by atoms with Gasteiger partial charge in [-0.15, -0.1) is 0 Å². The van der Waals surface area contributed by atoms with Crippen molar-refractivity contribution in [2.45, 2.75) is 58.8 Å². The summed E-state index contributed by atoms with van der Waals surface area (Å²) in [5.74, 6) is 1.06. The first-order valence-corrected chi connectivity index (χ1v) is 6.70. The first-order valence-electron chi connectivity index (χ1n) is 6.70. The number of nitrogens with one attached hydrogen (secondary N) is 1. The predicted molar refractivity (Wildman–Crippen MR) is 62.7 cm³/mol. The van der Waals surface area contributed by atoms with E-state index in [4.69, 9.17) is 0 Å². The van der Waals surface area contributed by atoms with Gasteiger partial charge in [0.05, 0.1) is 19.6 Å². The Labute approximate surface area is 94.6 Å². The molecular formula is C13H28FN. The molecule has 0 bridgehead atoms. The summed E-state index contributed by atoms with van der Waals surface area (Å²) in [7, 11) is 0. The van der Waals surface area contributed by atoms with Crippen molar-refractivity contribution in [3.05, 3.63) is 0 Å². The molecule has 0 aromatic heterocycles. The normalized spacial score (nSPS) is 25.2. The van der Waals surface area contributed by atoms with Crippen LogP contribution >= 0.6 is 0 Å². The standard InChI is InChI=1S/C13H27N.FH/c1-3-5-6-7-10-14-11-9-13(12-14)8-4-2;/h13H,3-12H2,1-2H3;1H. The molecule has 0 saturated carbocycles. The van der Waals surface area contributed by atoms with E-state index in [-0.39, 0.29) is 4.70 Å². The van der Waals surface area contributed by atoms with Gasteiger partial charge in [0.25, 0.3) is 0 Å². The molecule has 0 aromatic carbocycles. The van der Waals surface area contributed by atoms with Crippen molar-refractivity contribution in [1.82, 2.24) is 0 Å². The third-order valence-corrected chi connectivity index (χ3v) is 3.56. The molecule has 1 nitrogen and oxygen atoms in total. The van der Waals surface area contributed by atoms with Crippen molar-refractivity contribution in [3.63, 3.8) is 0 Å². The van der Waals surface area contributed by atoms with Crippen LogP contribution in [0.4, 0.5) is 0 Å². The summed E-state index contributed by atoms with van der Waals surface area (Å²) in [5, 5.41) is 0. The van der Waals surface area contributed by atoms with E-state index in [1.54, 1.807) is 0 Å². The van der Waals surface area contributed by atoms with Gasteiger partial charge in [-0.1, -0.05) is 33.1 Å². The van der Waals surface area contributed by atoms with Gasteiger partial charge in [0.2, 0.25) is 0 Å². The Morgan fingerprint density at radius 1 is 1.07 bits per heavy atom. The Bertz CT molecular complexity index is 138. The molecule has 92 valence electrons. The predicted octanol–water partition coefficient (Wildman–Crippen LogP) is -0.724. The lowest BCUT2D eigenvalue weighted by atomic mass is 10.0. The van der Waals surface area contributed by atoms with Crippen LogP contribution in [0, 0.1) is 5.92 Å². The smallest absolute Gasteiger partial charge is 0.0801 e. The lowest BCUT2D eigenvalue weighted by Gasteiger charge is -2.12. The Morgan fingerprint density at radius 3 is 2.53 bits per heavy atom. The quantitative estimate of drug-likeness (QED) is 0.537. The number of likely N-dealkylation sites (tertiary alicyclic amines) is 1. The molecule has 0 spiro atoms. The Kier molecular flexibility index (Phi) is 9.07. The second-order valence-corrected chi connectivity index (χ2v) is 4.96. The highest BCUT2D eigenvalue weighted by Gasteiger charge is 2.24. The number of rotatable bonds is 7. The molecule has 2 atom stereocenters. The topological polar surface area (TPSA) is 4.44 Å². The van der Waals surface area contributed by atoms with Crippen LogP contribution in [-0.2, 0) is 0 Å². The van der Waals surface area contributed by atoms with Crippen molar-refractivity contribution in [2.75, 3.05) is 19.6 Å². The molecule has 1 rings (SSSR count). The zero-order chi connectivity index (χ0) is 10.2. The summed E-state index contributed by atoms with van der Waals surface area (Å²) in [6, 6.07) is 0. The molecule has 1 saturated heterocycles. The van der Waals surface area contributed by atoms with Crippen LogP contribution < -0.4 is 9.60 Å². The van der Waals surface area contributed by atoms with Crippen LogP contribution in [0.1, 0.15) is 58.8 Å². The van der Waals surface area contributed by atoms with Crippen LogP contribution in [0.2, 0.25) is 0 Å². The monoisotopic (exact) mass is 217 g/mol. The molecule has 2 unspecified atom stereocenters. The summed E-state index contributed by atoms with van der Waals surface area (Å²) in [6.07, 6.45) is 10.1. The Morgan fingerprint density at radius 2 is 1.87 bits per heavy atom. The average molecular weight is 217 g/mol. The van der Waals surface area contributed by atoms with Crippen molar-refractivity contribution in [1.29, 1.82) is 0 Å². The lowest BCUT2D eigenvalue weighted by Crippen LogP contribution is -3.10. The SMILES string of the molecule is CCCCCC[NH+]1CCC(CCC)C1.[F-]. The van der Waals surface area contributed by atoms with Gasteiger partial charge in [-0.25, -0.2) is 0 Å². The van der Waals surface area contributed by atoms with Gasteiger partial charge in [0.15, 0.2) is 0 Å². The van der Waals surface area contributed by atoms with E-state index in [0.717, 1.165) is 5.92 Å². The highest BCUT2D eigenvalue weighted by Crippen LogP contribution is 2.11. The maximum absolute atomic E-state index is 2.32. The van der Waals surface area contributed by atoms with E-state index < -0.39 is 0 Å². The van der Waals surface area contributed by atoms with E-state index in [9.17, 15) is 0 Å². The van der Waals surface area contributed by atoms with E-state index in [1.807, 2.05) is 4.90 Å². The van der Waals surface area contributed by atoms with E-state index >= 15 is 0 Å². The Balaban J connectivity index is 0.00000196. The maximum Gasteiger partial charge on any atom is 0.0801 e. The fourth-order valence-corrected chi connectivity index (χ4v) is 2.70. The molecule has 0 aromatic rings. The summed E-state index contributed by atoms with van der Waals surface area (Å²) in [4.78, 5) is 1.89.